The maximum absolute atomic E-state index is 13.1. The molecule has 0 radical (unpaired) electrons. The quantitative estimate of drug-likeness (QED) is 0.344. The number of nitrogens with one attached hydrogen (secondary N) is 1. The first-order valence-corrected chi connectivity index (χ1v) is 14.3. The molecule has 3 amide bonds. The van der Waals surface area contributed by atoms with Gasteiger partial charge in [0.25, 0.3) is 11.8 Å². The molecule has 1 aliphatic heterocycles. The Labute approximate surface area is 238 Å². The van der Waals surface area contributed by atoms with E-state index in [1.807, 2.05) is 24.3 Å². The Hall–Kier alpha value is -4.46. The van der Waals surface area contributed by atoms with Crippen LogP contribution in [-0.4, -0.2) is 41.6 Å². The molecule has 8 nitrogen and oxygen atoms in total. The highest BCUT2D eigenvalue weighted by atomic mass is 16.7. The van der Waals surface area contributed by atoms with Gasteiger partial charge in [-0.15, -0.1) is 0 Å². The number of nitrogens with zero attached hydrogens (tertiary/aromatic N) is 1. The van der Waals surface area contributed by atoms with E-state index in [9.17, 15) is 19.2 Å². The topological polar surface area (TPSA) is 102 Å². The molecule has 0 unspecified atom stereocenters. The maximum Gasteiger partial charge on any atom is 0.407 e. The average molecular weight is 553 g/mol. The molecule has 1 heterocycles. The minimum atomic E-state index is -0.765. The Morgan fingerprint density at radius 2 is 1.32 bits per heavy atom. The molecule has 2 aliphatic carbocycles. The van der Waals surface area contributed by atoms with Crippen LogP contribution in [0.25, 0.3) is 11.1 Å². The molecule has 41 heavy (non-hydrogen) atoms. The molecule has 1 atom stereocenters. The summed E-state index contributed by atoms with van der Waals surface area (Å²) in [7, 11) is 0. The van der Waals surface area contributed by atoms with Crippen LogP contribution in [-0.2, 0) is 14.4 Å². The molecule has 210 valence electrons. The third-order valence-corrected chi connectivity index (χ3v) is 8.37. The monoisotopic (exact) mass is 552 g/mol. The predicted molar refractivity (Wildman–Crippen MR) is 151 cm³/mol. The minimum absolute atomic E-state index is 0.0799. The Bertz CT molecular complexity index is 1410. The van der Waals surface area contributed by atoms with E-state index in [0.717, 1.165) is 47.9 Å². The lowest BCUT2D eigenvalue weighted by Crippen LogP contribution is -2.41. The summed E-state index contributed by atoms with van der Waals surface area (Å²) in [6.07, 6.45) is 5.25. The van der Waals surface area contributed by atoms with Crippen molar-refractivity contribution >= 4 is 23.9 Å². The Balaban J connectivity index is 1.11. The summed E-state index contributed by atoms with van der Waals surface area (Å²) >= 11 is 0. The van der Waals surface area contributed by atoms with E-state index in [2.05, 4.69) is 29.6 Å². The third-order valence-electron chi connectivity index (χ3n) is 8.37. The lowest BCUT2D eigenvalue weighted by molar-refractivity contribution is -0.169. The van der Waals surface area contributed by atoms with Crippen LogP contribution in [0.2, 0.25) is 0 Å². The number of rotatable bonds is 8. The second-order valence-corrected chi connectivity index (χ2v) is 11.0. The Morgan fingerprint density at radius 3 is 1.90 bits per heavy atom. The molecule has 3 aromatic rings. The first-order valence-electron chi connectivity index (χ1n) is 14.3. The molecule has 0 saturated heterocycles. The molecule has 6 rings (SSSR count). The highest BCUT2D eigenvalue weighted by Crippen LogP contribution is 2.44. The van der Waals surface area contributed by atoms with Crippen molar-refractivity contribution in [3.63, 3.8) is 0 Å². The van der Waals surface area contributed by atoms with Crippen LogP contribution in [0, 0.1) is 5.92 Å². The normalized spacial score (nSPS) is 17.0. The van der Waals surface area contributed by atoms with Crippen molar-refractivity contribution < 1.29 is 28.8 Å². The van der Waals surface area contributed by atoms with Gasteiger partial charge in [-0.05, 0) is 46.7 Å². The average Bonchev–Trinajstić information content (AvgIpc) is 3.44. The number of amides is 3. The van der Waals surface area contributed by atoms with Crippen LogP contribution >= 0.6 is 0 Å². The number of alkyl carbamates (subject to hydrolysis) is 1. The van der Waals surface area contributed by atoms with Crippen molar-refractivity contribution in [2.45, 2.75) is 56.9 Å². The summed E-state index contributed by atoms with van der Waals surface area (Å²) in [6, 6.07) is 22.0. The maximum atomic E-state index is 13.1. The lowest BCUT2D eigenvalue weighted by Gasteiger charge is -2.27. The van der Waals surface area contributed by atoms with Crippen LogP contribution in [0.1, 0.15) is 82.7 Å². The molecule has 8 heteroatoms. The fourth-order valence-corrected chi connectivity index (χ4v) is 6.42. The van der Waals surface area contributed by atoms with Crippen molar-refractivity contribution in [1.82, 2.24) is 10.4 Å². The standard InChI is InChI=1S/C33H32N2O6/c36-30(41-35-31(37)27-16-8-9-17-28(27)32(35)38)19-22(18-21-10-2-1-3-11-21)34-33(39)40-20-29-25-14-6-4-12-23(25)24-13-5-7-15-26(24)29/h4-9,12-17,21-22,29H,1-3,10-11,18-20H2,(H,34,39)/t22-/m0/s1. The molecule has 1 saturated carbocycles. The number of hydrogen-bond donors (Lipinski definition) is 1. The highest BCUT2D eigenvalue weighted by molar-refractivity contribution is 6.20. The van der Waals surface area contributed by atoms with E-state index in [0.29, 0.717) is 17.4 Å². The van der Waals surface area contributed by atoms with Crippen molar-refractivity contribution in [2.24, 2.45) is 5.92 Å². The summed E-state index contributed by atoms with van der Waals surface area (Å²) in [5, 5.41) is 3.39. The number of imide groups is 1. The number of carbonyl (C=O) groups excluding carboxylic acids is 4. The zero-order chi connectivity index (χ0) is 28.3. The summed E-state index contributed by atoms with van der Waals surface area (Å²) in [5.41, 5.74) is 4.91. The molecule has 0 spiro atoms. The van der Waals surface area contributed by atoms with Gasteiger partial charge in [0.2, 0.25) is 0 Å². The van der Waals surface area contributed by atoms with Crippen LogP contribution in [0.5, 0.6) is 0 Å². The summed E-state index contributed by atoms with van der Waals surface area (Å²) in [6.45, 7) is 0.162. The Morgan fingerprint density at radius 1 is 0.780 bits per heavy atom. The third kappa shape index (κ3) is 5.46. The van der Waals surface area contributed by atoms with Gasteiger partial charge in [0.05, 0.1) is 17.5 Å². The van der Waals surface area contributed by atoms with E-state index in [1.54, 1.807) is 12.1 Å². The molecular weight excluding hydrogens is 520 g/mol. The molecule has 1 N–H and O–H groups in total. The molecule has 3 aliphatic rings. The first kappa shape index (κ1) is 26.7. The molecule has 1 fully saturated rings. The zero-order valence-electron chi connectivity index (χ0n) is 22.7. The summed E-state index contributed by atoms with van der Waals surface area (Å²) in [4.78, 5) is 56.5. The van der Waals surface area contributed by atoms with E-state index in [1.165, 1.54) is 18.6 Å². The van der Waals surface area contributed by atoms with Gasteiger partial charge in [0.15, 0.2) is 0 Å². The van der Waals surface area contributed by atoms with Crippen molar-refractivity contribution in [3.8, 4) is 11.1 Å². The second-order valence-electron chi connectivity index (χ2n) is 11.0. The summed E-state index contributed by atoms with van der Waals surface area (Å²) < 4.78 is 5.73. The van der Waals surface area contributed by atoms with E-state index in [4.69, 9.17) is 9.57 Å². The zero-order valence-corrected chi connectivity index (χ0v) is 22.7. The number of fused-ring (bicyclic) bond motifs is 4. The Kier molecular flexibility index (Phi) is 7.55. The number of benzene rings is 3. The number of hydroxylamine groups is 2. The number of hydrogen-bond acceptors (Lipinski definition) is 6. The van der Waals surface area contributed by atoms with Crippen molar-refractivity contribution in [2.75, 3.05) is 6.61 Å². The van der Waals surface area contributed by atoms with Gasteiger partial charge < -0.3 is 14.9 Å². The van der Waals surface area contributed by atoms with Crippen LogP contribution in [0.3, 0.4) is 0 Å². The van der Waals surface area contributed by atoms with Crippen molar-refractivity contribution in [3.05, 3.63) is 95.1 Å². The SMILES string of the molecule is O=C(C[C@H](CC1CCCCC1)NC(=O)OCC1c2ccccc2-c2ccccc21)ON1C(=O)c2ccccc2C1=O. The smallest absolute Gasteiger partial charge is 0.407 e. The van der Waals surface area contributed by atoms with Gasteiger partial charge in [0.1, 0.15) is 6.61 Å². The van der Waals surface area contributed by atoms with Crippen LogP contribution in [0.15, 0.2) is 72.8 Å². The fraction of sp³-hybridized carbons (Fsp3) is 0.333. The van der Waals surface area contributed by atoms with Crippen LogP contribution in [0.4, 0.5) is 4.79 Å². The van der Waals surface area contributed by atoms with Gasteiger partial charge in [-0.2, -0.15) is 0 Å². The molecule has 0 bridgehead atoms. The van der Waals surface area contributed by atoms with Crippen LogP contribution < -0.4 is 5.32 Å². The predicted octanol–water partition coefficient (Wildman–Crippen LogP) is 6.01. The number of carbonyl (C=O) groups is 4. The van der Waals surface area contributed by atoms with Gasteiger partial charge in [-0.25, -0.2) is 9.59 Å². The van der Waals surface area contributed by atoms with Gasteiger partial charge in [-0.1, -0.05) is 97.8 Å². The van der Waals surface area contributed by atoms with E-state index < -0.39 is 29.9 Å². The van der Waals surface area contributed by atoms with Gasteiger partial charge in [-0.3, -0.25) is 9.59 Å². The highest BCUT2D eigenvalue weighted by Gasteiger charge is 2.39. The van der Waals surface area contributed by atoms with Gasteiger partial charge >= 0.3 is 12.1 Å². The first-order chi connectivity index (χ1) is 20.0. The lowest BCUT2D eigenvalue weighted by atomic mass is 9.84. The van der Waals surface area contributed by atoms with Crippen molar-refractivity contribution in [1.29, 1.82) is 0 Å². The van der Waals surface area contributed by atoms with E-state index >= 15 is 0 Å². The summed E-state index contributed by atoms with van der Waals surface area (Å²) in [5.74, 6) is -1.84. The van der Waals surface area contributed by atoms with Gasteiger partial charge in [0, 0.05) is 12.0 Å². The molecular formula is C33H32N2O6. The van der Waals surface area contributed by atoms with E-state index in [-0.39, 0.29) is 30.1 Å². The molecule has 3 aromatic carbocycles. The molecule has 0 aromatic heterocycles. The minimum Gasteiger partial charge on any atom is -0.449 e. The number of ether oxygens (including phenoxy) is 1. The second kappa shape index (κ2) is 11.6. The fourth-order valence-electron chi connectivity index (χ4n) is 6.42. The largest absolute Gasteiger partial charge is 0.449 e.